The van der Waals surface area contributed by atoms with Crippen LogP contribution in [-0.4, -0.2) is 38.7 Å². The largest absolute Gasteiger partial charge is 0.272 e. The van der Waals surface area contributed by atoms with E-state index in [2.05, 4.69) is 78.9 Å². The van der Waals surface area contributed by atoms with Gasteiger partial charge in [0.1, 0.15) is 10.1 Å². The number of benzene rings is 2. The van der Waals surface area contributed by atoms with Crippen LogP contribution in [-0.2, 0) is 12.8 Å². The number of aliphatic imine (C=N–C) groups is 2. The van der Waals surface area contributed by atoms with E-state index in [1.54, 1.807) is 0 Å². The van der Waals surface area contributed by atoms with Crippen LogP contribution in [0.3, 0.4) is 0 Å². The molecule has 0 saturated heterocycles. The van der Waals surface area contributed by atoms with Crippen molar-refractivity contribution in [2.24, 2.45) is 9.98 Å². The molecule has 2 aliphatic rings. The van der Waals surface area contributed by atoms with E-state index in [0.717, 1.165) is 45.8 Å². The highest BCUT2D eigenvalue weighted by Crippen LogP contribution is 2.27. The molecule has 0 saturated carbocycles. The Labute approximate surface area is 186 Å². The highest BCUT2D eigenvalue weighted by Gasteiger charge is 2.23. The molecule has 2 aromatic carbocycles. The summed E-state index contributed by atoms with van der Waals surface area (Å²) in [6.45, 7) is 0. The number of pyridine rings is 1. The third kappa shape index (κ3) is 4.68. The van der Waals surface area contributed by atoms with E-state index in [9.17, 15) is 0 Å². The summed E-state index contributed by atoms with van der Waals surface area (Å²) in [4.78, 5) is 14.8. The Hall–Kier alpha value is -2.37. The van der Waals surface area contributed by atoms with Crippen molar-refractivity contribution in [1.82, 2.24) is 4.98 Å². The van der Waals surface area contributed by atoms with Gasteiger partial charge in [0, 0.05) is 11.5 Å². The number of thioether (sulfide) groups is 2. The van der Waals surface area contributed by atoms with Crippen LogP contribution in [0, 0.1) is 0 Å². The predicted octanol–water partition coefficient (Wildman–Crippen LogP) is 5.29. The molecule has 5 heteroatoms. The summed E-state index contributed by atoms with van der Waals surface area (Å²) in [6, 6.07) is 28.1. The number of rotatable bonds is 6. The van der Waals surface area contributed by atoms with Crippen molar-refractivity contribution < 1.29 is 0 Å². The average Bonchev–Trinajstić information content (AvgIpc) is 3.45. The van der Waals surface area contributed by atoms with Gasteiger partial charge in [0.15, 0.2) is 0 Å². The standard InChI is InChI=1S/C25H23N3S2/c1-3-8-18(9-4-1)14-20-16-29-24(26-20)22-12-7-13-23(28-22)25-27-21(17-30-25)15-19-10-5-2-6-11-19/h1-13,20-21H,14-17H2/t20-,21-/m0/s1. The highest BCUT2D eigenvalue weighted by molar-refractivity contribution is 8.15. The van der Waals surface area contributed by atoms with E-state index in [0.29, 0.717) is 12.1 Å². The van der Waals surface area contributed by atoms with E-state index in [1.165, 1.54) is 11.1 Å². The van der Waals surface area contributed by atoms with Gasteiger partial charge < -0.3 is 0 Å². The van der Waals surface area contributed by atoms with Gasteiger partial charge in [-0.3, -0.25) is 9.98 Å². The zero-order valence-electron chi connectivity index (χ0n) is 16.6. The SMILES string of the molecule is c1ccc(C[C@H]2CSC(c3cccc(C4=N[C@@H](Cc5ccccc5)CS4)n3)=N2)cc1. The van der Waals surface area contributed by atoms with Crippen LogP contribution in [0.1, 0.15) is 22.5 Å². The van der Waals surface area contributed by atoms with Crippen LogP contribution < -0.4 is 0 Å². The zero-order valence-corrected chi connectivity index (χ0v) is 18.3. The first kappa shape index (κ1) is 19.6. The Balaban J connectivity index is 1.29. The molecule has 0 bridgehead atoms. The van der Waals surface area contributed by atoms with Crippen molar-refractivity contribution in [3.05, 3.63) is 101 Å². The smallest absolute Gasteiger partial charge is 0.117 e. The van der Waals surface area contributed by atoms with Gasteiger partial charge in [-0.05, 0) is 36.1 Å². The van der Waals surface area contributed by atoms with Crippen molar-refractivity contribution >= 4 is 33.6 Å². The van der Waals surface area contributed by atoms with Crippen LogP contribution in [0.2, 0.25) is 0 Å². The number of aromatic nitrogens is 1. The molecule has 0 fully saturated rings. The van der Waals surface area contributed by atoms with Crippen LogP contribution in [0.4, 0.5) is 0 Å². The maximum Gasteiger partial charge on any atom is 0.117 e. The van der Waals surface area contributed by atoms with Crippen molar-refractivity contribution in [1.29, 1.82) is 0 Å². The molecule has 0 unspecified atom stereocenters. The minimum Gasteiger partial charge on any atom is -0.272 e. The molecule has 3 nitrogen and oxygen atoms in total. The maximum absolute atomic E-state index is 4.96. The first-order chi connectivity index (χ1) is 14.8. The molecule has 3 aromatic rings. The third-order valence-corrected chi connectivity index (χ3v) is 7.52. The Morgan fingerprint density at radius 1 is 0.600 bits per heavy atom. The van der Waals surface area contributed by atoms with Gasteiger partial charge in [-0.25, -0.2) is 4.98 Å². The molecule has 0 aliphatic carbocycles. The summed E-state index contributed by atoms with van der Waals surface area (Å²) in [5.41, 5.74) is 4.64. The first-order valence-electron chi connectivity index (χ1n) is 10.3. The fourth-order valence-electron chi connectivity index (χ4n) is 3.77. The number of nitrogens with zero attached hydrogens (tertiary/aromatic N) is 3. The monoisotopic (exact) mass is 429 g/mol. The summed E-state index contributed by atoms with van der Waals surface area (Å²) < 4.78 is 0. The quantitative estimate of drug-likeness (QED) is 0.534. The molecule has 5 rings (SSSR count). The Morgan fingerprint density at radius 2 is 1.07 bits per heavy atom. The minimum absolute atomic E-state index is 0.325. The molecule has 30 heavy (non-hydrogen) atoms. The van der Waals surface area contributed by atoms with Crippen molar-refractivity contribution in [3.8, 4) is 0 Å². The zero-order chi connectivity index (χ0) is 20.2. The molecular formula is C25H23N3S2. The van der Waals surface area contributed by atoms with E-state index in [1.807, 2.05) is 23.5 Å². The van der Waals surface area contributed by atoms with Gasteiger partial charge in [-0.1, -0.05) is 66.7 Å². The second kappa shape index (κ2) is 9.19. The van der Waals surface area contributed by atoms with Crippen LogP contribution >= 0.6 is 23.5 Å². The topological polar surface area (TPSA) is 37.6 Å². The molecule has 1 aromatic heterocycles. The molecule has 0 radical (unpaired) electrons. The molecule has 0 spiro atoms. The van der Waals surface area contributed by atoms with Gasteiger partial charge >= 0.3 is 0 Å². The molecule has 2 aliphatic heterocycles. The summed E-state index contributed by atoms with van der Waals surface area (Å²) in [5, 5.41) is 2.12. The first-order valence-corrected chi connectivity index (χ1v) is 12.3. The fraction of sp³-hybridized carbons (Fsp3) is 0.240. The fourth-order valence-corrected chi connectivity index (χ4v) is 5.82. The lowest BCUT2D eigenvalue weighted by Crippen LogP contribution is -2.08. The molecule has 3 heterocycles. The van der Waals surface area contributed by atoms with Crippen LogP contribution in [0.5, 0.6) is 0 Å². The second-order valence-corrected chi connectivity index (χ2v) is 9.60. The van der Waals surface area contributed by atoms with E-state index < -0.39 is 0 Å². The van der Waals surface area contributed by atoms with Crippen molar-refractivity contribution in [2.75, 3.05) is 11.5 Å². The van der Waals surface area contributed by atoms with Crippen molar-refractivity contribution in [3.63, 3.8) is 0 Å². The van der Waals surface area contributed by atoms with Gasteiger partial charge in [0.05, 0.1) is 23.5 Å². The normalized spacial score (nSPS) is 20.8. The highest BCUT2D eigenvalue weighted by atomic mass is 32.2. The summed E-state index contributed by atoms with van der Waals surface area (Å²) in [5.74, 6) is 2.04. The summed E-state index contributed by atoms with van der Waals surface area (Å²) in [7, 11) is 0. The summed E-state index contributed by atoms with van der Waals surface area (Å²) in [6.07, 6.45) is 1.97. The van der Waals surface area contributed by atoms with Crippen LogP contribution in [0.15, 0.2) is 88.8 Å². The lowest BCUT2D eigenvalue weighted by molar-refractivity contribution is 0.762. The van der Waals surface area contributed by atoms with E-state index in [-0.39, 0.29) is 0 Å². The molecular weight excluding hydrogens is 406 g/mol. The van der Waals surface area contributed by atoms with Gasteiger partial charge in [-0.15, -0.1) is 23.5 Å². The van der Waals surface area contributed by atoms with E-state index >= 15 is 0 Å². The number of hydrogen-bond acceptors (Lipinski definition) is 5. The van der Waals surface area contributed by atoms with Crippen molar-refractivity contribution in [2.45, 2.75) is 24.9 Å². The molecule has 0 N–H and O–H groups in total. The third-order valence-electron chi connectivity index (χ3n) is 5.24. The molecule has 150 valence electrons. The lowest BCUT2D eigenvalue weighted by Gasteiger charge is -2.05. The molecule has 0 amide bonds. The van der Waals surface area contributed by atoms with Gasteiger partial charge in [0.2, 0.25) is 0 Å². The maximum atomic E-state index is 4.96. The number of hydrogen-bond donors (Lipinski definition) is 0. The Morgan fingerprint density at radius 3 is 1.53 bits per heavy atom. The predicted molar refractivity (Wildman–Crippen MR) is 130 cm³/mol. The van der Waals surface area contributed by atoms with E-state index in [4.69, 9.17) is 15.0 Å². The van der Waals surface area contributed by atoms with Crippen LogP contribution in [0.25, 0.3) is 0 Å². The minimum atomic E-state index is 0.325. The average molecular weight is 430 g/mol. The van der Waals surface area contributed by atoms with Gasteiger partial charge in [0.25, 0.3) is 0 Å². The Kier molecular flexibility index (Phi) is 6.00. The summed E-state index contributed by atoms with van der Waals surface area (Å²) >= 11 is 3.63. The lowest BCUT2D eigenvalue weighted by atomic mass is 10.1. The second-order valence-electron chi connectivity index (χ2n) is 7.59. The Bertz CT molecular complexity index is 981. The molecule has 2 atom stereocenters. The van der Waals surface area contributed by atoms with Gasteiger partial charge in [-0.2, -0.15) is 0 Å².